The van der Waals surface area contributed by atoms with Crippen LogP contribution in [0.2, 0.25) is 0 Å². The van der Waals surface area contributed by atoms with Crippen molar-refractivity contribution in [3.05, 3.63) is 22.6 Å². The maximum Gasteiger partial charge on any atom is 0.221 e. The molecule has 2 nitrogen and oxygen atoms in total. The Kier molecular flexibility index (Phi) is 4.70. The molecule has 0 spiro atoms. The van der Waals surface area contributed by atoms with Gasteiger partial charge in [0.05, 0.1) is 5.03 Å². The zero-order valence-corrected chi connectivity index (χ0v) is 7.92. The summed E-state index contributed by atoms with van der Waals surface area (Å²) >= 11 is 1.42. The van der Waals surface area contributed by atoms with Crippen molar-refractivity contribution in [2.45, 2.75) is 20.8 Å². The lowest BCUT2D eigenvalue weighted by Gasteiger charge is -2.01. The second-order valence-corrected chi connectivity index (χ2v) is 3.38. The number of rotatable bonds is 3. The van der Waals surface area contributed by atoms with Crippen molar-refractivity contribution in [1.29, 1.82) is 0 Å². The molecule has 1 N–H and O–H groups in total. The van der Waals surface area contributed by atoms with E-state index in [1.165, 1.54) is 24.3 Å². The molecule has 3 heteroatoms. The van der Waals surface area contributed by atoms with E-state index in [-0.39, 0.29) is 5.91 Å². The molecule has 1 amide bonds. The predicted octanol–water partition coefficient (Wildman–Crippen LogP) is 2.25. The first-order chi connectivity index (χ1) is 5.02. The van der Waals surface area contributed by atoms with Crippen LogP contribution in [-0.2, 0) is 4.79 Å². The van der Waals surface area contributed by atoms with E-state index in [1.807, 2.05) is 19.3 Å². The van der Waals surface area contributed by atoms with Gasteiger partial charge in [-0.25, -0.2) is 0 Å². The first kappa shape index (κ1) is 10.3. The van der Waals surface area contributed by atoms with E-state index in [4.69, 9.17) is 0 Å². The molecule has 0 bridgehead atoms. The number of carbonyl (C=O) groups excluding carboxylic acids is 1. The van der Waals surface area contributed by atoms with Gasteiger partial charge in [-0.2, -0.15) is 0 Å². The first-order valence-corrected chi connectivity index (χ1v) is 4.17. The zero-order valence-electron chi connectivity index (χ0n) is 7.10. The minimum Gasteiger partial charge on any atom is -0.321 e. The van der Waals surface area contributed by atoms with Gasteiger partial charge in [-0.3, -0.25) is 4.79 Å². The van der Waals surface area contributed by atoms with Gasteiger partial charge < -0.3 is 5.32 Å². The minimum absolute atomic E-state index is 0.0790. The summed E-state index contributed by atoms with van der Waals surface area (Å²) in [6.07, 6.45) is 0. The average molecular weight is 171 g/mol. The second kappa shape index (κ2) is 5.02. The Labute approximate surface area is 71.7 Å². The van der Waals surface area contributed by atoms with Crippen LogP contribution >= 0.6 is 11.8 Å². The van der Waals surface area contributed by atoms with E-state index in [1.54, 1.807) is 0 Å². The van der Waals surface area contributed by atoms with Crippen molar-refractivity contribution < 1.29 is 4.79 Å². The van der Waals surface area contributed by atoms with E-state index >= 15 is 0 Å². The second-order valence-electron chi connectivity index (χ2n) is 2.42. The molecule has 11 heavy (non-hydrogen) atoms. The van der Waals surface area contributed by atoms with E-state index in [0.717, 1.165) is 0 Å². The van der Waals surface area contributed by atoms with Crippen LogP contribution in [0.3, 0.4) is 0 Å². The van der Waals surface area contributed by atoms with Gasteiger partial charge in [0.1, 0.15) is 0 Å². The maximum atomic E-state index is 10.5. The van der Waals surface area contributed by atoms with E-state index in [9.17, 15) is 4.79 Å². The number of amides is 1. The standard InChI is InChI=1S/C8H13NOS/c1-6(2)5-11-8(4)9-7(3)10/h5H,4H2,1-3H3,(H,9,10). The van der Waals surface area contributed by atoms with Gasteiger partial charge in [0.2, 0.25) is 5.91 Å². The molecule has 0 aromatic heterocycles. The highest BCUT2D eigenvalue weighted by Gasteiger charge is 1.93. The lowest BCUT2D eigenvalue weighted by atomic mass is 10.4. The van der Waals surface area contributed by atoms with Crippen molar-refractivity contribution in [2.24, 2.45) is 0 Å². The molecular weight excluding hydrogens is 158 g/mol. The number of thioether (sulfide) groups is 1. The summed E-state index contributed by atoms with van der Waals surface area (Å²) in [5.74, 6) is -0.0790. The Morgan fingerprint density at radius 1 is 1.45 bits per heavy atom. The molecule has 0 fully saturated rings. The highest BCUT2D eigenvalue weighted by atomic mass is 32.2. The Balaban J connectivity index is 3.71. The molecule has 0 aromatic carbocycles. The lowest BCUT2D eigenvalue weighted by molar-refractivity contribution is -0.118. The molecule has 0 aliphatic heterocycles. The van der Waals surface area contributed by atoms with Gasteiger partial charge in [0, 0.05) is 6.92 Å². The average Bonchev–Trinajstić information content (AvgIpc) is 1.82. The van der Waals surface area contributed by atoms with Gasteiger partial charge in [0.25, 0.3) is 0 Å². The molecule has 0 aliphatic carbocycles. The summed E-state index contributed by atoms with van der Waals surface area (Å²) in [6.45, 7) is 9.11. The Morgan fingerprint density at radius 2 is 2.00 bits per heavy atom. The smallest absolute Gasteiger partial charge is 0.221 e. The fraction of sp³-hybridized carbons (Fsp3) is 0.375. The Hall–Kier alpha value is -0.700. The SMILES string of the molecule is C=C(NC(C)=O)SC=C(C)C. The number of allylic oxidation sites excluding steroid dienone is 1. The third-order valence-electron chi connectivity index (χ3n) is 0.752. The fourth-order valence-electron chi connectivity index (χ4n) is 0.415. The van der Waals surface area contributed by atoms with Gasteiger partial charge in [-0.15, -0.1) is 0 Å². The zero-order chi connectivity index (χ0) is 8.85. The number of hydrogen-bond acceptors (Lipinski definition) is 2. The van der Waals surface area contributed by atoms with Crippen molar-refractivity contribution in [3.8, 4) is 0 Å². The van der Waals surface area contributed by atoms with Crippen LogP contribution in [0.1, 0.15) is 20.8 Å². The molecule has 0 heterocycles. The molecule has 0 radical (unpaired) electrons. The summed E-state index contributed by atoms with van der Waals surface area (Å²) in [7, 11) is 0. The number of nitrogens with one attached hydrogen (secondary N) is 1. The summed E-state index contributed by atoms with van der Waals surface area (Å²) in [4.78, 5) is 10.5. The molecule has 0 saturated carbocycles. The van der Waals surface area contributed by atoms with Gasteiger partial charge in [-0.1, -0.05) is 23.9 Å². The molecular formula is C8H13NOS. The van der Waals surface area contributed by atoms with Crippen molar-refractivity contribution in [2.75, 3.05) is 0 Å². The largest absolute Gasteiger partial charge is 0.321 e. The molecule has 0 aromatic rings. The van der Waals surface area contributed by atoms with Crippen LogP contribution in [-0.4, -0.2) is 5.91 Å². The Morgan fingerprint density at radius 3 is 2.36 bits per heavy atom. The highest BCUT2D eigenvalue weighted by Crippen LogP contribution is 2.13. The topological polar surface area (TPSA) is 29.1 Å². The van der Waals surface area contributed by atoms with Crippen LogP contribution in [0, 0.1) is 0 Å². The lowest BCUT2D eigenvalue weighted by Crippen LogP contribution is -2.15. The van der Waals surface area contributed by atoms with Crippen LogP contribution in [0.4, 0.5) is 0 Å². The third-order valence-corrected chi connectivity index (χ3v) is 1.73. The van der Waals surface area contributed by atoms with Crippen LogP contribution in [0.5, 0.6) is 0 Å². The predicted molar refractivity (Wildman–Crippen MR) is 50.0 cm³/mol. The van der Waals surface area contributed by atoms with Crippen molar-refractivity contribution in [3.63, 3.8) is 0 Å². The van der Waals surface area contributed by atoms with Gasteiger partial charge >= 0.3 is 0 Å². The van der Waals surface area contributed by atoms with Crippen LogP contribution in [0.15, 0.2) is 22.6 Å². The van der Waals surface area contributed by atoms with Gasteiger partial charge in [-0.05, 0) is 19.3 Å². The Bertz CT molecular complexity index is 192. The van der Waals surface area contributed by atoms with E-state index in [0.29, 0.717) is 5.03 Å². The summed E-state index contributed by atoms with van der Waals surface area (Å²) in [6, 6.07) is 0. The molecule has 0 atom stereocenters. The van der Waals surface area contributed by atoms with Crippen LogP contribution in [0.25, 0.3) is 0 Å². The van der Waals surface area contributed by atoms with E-state index in [2.05, 4.69) is 11.9 Å². The number of hydrogen-bond donors (Lipinski definition) is 1. The van der Waals surface area contributed by atoms with Crippen molar-refractivity contribution >= 4 is 17.7 Å². The fourth-order valence-corrected chi connectivity index (χ4v) is 0.995. The third kappa shape index (κ3) is 7.19. The monoisotopic (exact) mass is 171 g/mol. The molecule has 62 valence electrons. The normalized spacial score (nSPS) is 8.64. The minimum atomic E-state index is -0.0790. The van der Waals surface area contributed by atoms with Gasteiger partial charge in [0.15, 0.2) is 0 Å². The van der Waals surface area contributed by atoms with E-state index < -0.39 is 0 Å². The quantitative estimate of drug-likeness (QED) is 0.705. The first-order valence-electron chi connectivity index (χ1n) is 3.29. The molecule has 0 saturated heterocycles. The summed E-state index contributed by atoms with van der Waals surface area (Å²) in [5, 5.41) is 5.19. The maximum absolute atomic E-state index is 10.5. The summed E-state index contributed by atoms with van der Waals surface area (Å²) < 4.78 is 0. The highest BCUT2D eigenvalue weighted by molar-refractivity contribution is 8.05. The van der Waals surface area contributed by atoms with Crippen molar-refractivity contribution in [1.82, 2.24) is 5.32 Å². The molecule has 0 unspecified atom stereocenters. The van der Waals surface area contributed by atoms with Crippen LogP contribution < -0.4 is 5.32 Å². The number of carbonyl (C=O) groups is 1. The molecule has 0 aliphatic rings. The molecule has 0 rings (SSSR count). The summed E-state index contributed by atoms with van der Waals surface area (Å²) in [5.41, 5.74) is 1.20.